The Morgan fingerprint density at radius 3 is 2.78 bits per heavy atom. The van der Waals surface area contributed by atoms with Crippen molar-refractivity contribution in [3.05, 3.63) is 18.0 Å². The predicted octanol–water partition coefficient (Wildman–Crippen LogP) is 1.68. The van der Waals surface area contributed by atoms with Crippen LogP contribution >= 0.6 is 0 Å². The lowest BCUT2D eigenvalue weighted by molar-refractivity contribution is 0.142. The fourth-order valence-electron chi connectivity index (χ4n) is 3.42. The van der Waals surface area contributed by atoms with Crippen LogP contribution in [0.3, 0.4) is 0 Å². The lowest BCUT2D eigenvalue weighted by Gasteiger charge is -2.34. The largest absolute Gasteiger partial charge is 0.330 e. The molecule has 1 saturated heterocycles. The van der Waals surface area contributed by atoms with Crippen molar-refractivity contribution in [2.45, 2.75) is 44.2 Å². The molecule has 0 aromatic carbocycles. The molecule has 1 aromatic rings. The van der Waals surface area contributed by atoms with Crippen LogP contribution in [0.15, 0.2) is 12.3 Å². The minimum atomic E-state index is 0.484. The number of rotatable bonds is 3. The molecule has 4 heteroatoms. The molecule has 1 aliphatic carbocycles. The molecule has 2 aliphatic rings. The molecule has 100 valence electrons. The van der Waals surface area contributed by atoms with Gasteiger partial charge in [-0.3, -0.25) is 9.58 Å². The molecule has 2 fully saturated rings. The lowest BCUT2D eigenvalue weighted by Crippen LogP contribution is -2.38. The minimum Gasteiger partial charge on any atom is -0.330 e. The van der Waals surface area contributed by atoms with Crippen molar-refractivity contribution in [3.63, 3.8) is 0 Å². The zero-order valence-electron chi connectivity index (χ0n) is 11.3. The number of hydrogen-bond acceptors (Lipinski definition) is 3. The van der Waals surface area contributed by atoms with E-state index in [2.05, 4.69) is 23.1 Å². The molecule has 2 heterocycles. The number of hydrogen-bond donors (Lipinski definition) is 1. The topological polar surface area (TPSA) is 47.1 Å². The summed E-state index contributed by atoms with van der Waals surface area (Å²) in [5, 5.41) is 4.35. The van der Waals surface area contributed by atoms with Crippen LogP contribution < -0.4 is 5.73 Å². The molecule has 1 aromatic heterocycles. The zero-order chi connectivity index (χ0) is 12.5. The number of aromatic nitrogens is 2. The highest BCUT2D eigenvalue weighted by molar-refractivity contribution is 5.11. The summed E-state index contributed by atoms with van der Waals surface area (Å²) in [6, 6.07) is 3.46. The van der Waals surface area contributed by atoms with Crippen LogP contribution in [0.1, 0.15) is 43.8 Å². The van der Waals surface area contributed by atoms with Gasteiger partial charge in [-0.2, -0.15) is 5.10 Å². The number of likely N-dealkylation sites (tertiary alicyclic amines) is 1. The van der Waals surface area contributed by atoms with Crippen molar-refractivity contribution in [1.29, 1.82) is 0 Å². The molecule has 1 saturated carbocycles. The molecule has 0 spiro atoms. The molecule has 18 heavy (non-hydrogen) atoms. The van der Waals surface area contributed by atoms with Crippen LogP contribution in [-0.2, 0) is 7.05 Å². The van der Waals surface area contributed by atoms with Gasteiger partial charge in [0.15, 0.2) is 0 Å². The van der Waals surface area contributed by atoms with Crippen LogP contribution in [0, 0.1) is 5.92 Å². The number of nitrogens with zero attached hydrogens (tertiary/aromatic N) is 3. The molecule has 2 N–H and O–H groups in total. The fraction of sp³-hybridized carbons (Fsp3) is 0.786. The second-order valence-corrected chi connectivity index (χ2v) is 5.79. The highest BCUT2D eigenvalue weighted by Crippen LogP contribution is 2.41. The smallest absolute Gasteiger partial charge is 0.0560 e. The third-order valence-corrected chi connectivity index (χ3v) is 4.53. The van der Waals surface area contributed by atoms with Crippen LogP contribution in [-0.4, -0.2) is 33.8 Å². The van der Waals surface area contributed by atoms with Gasteiger partial charge in [0.2, 0.25) is 0 Å². The molecule has 0 amide bonds. The Kier molecular flexibility index (Phi) is 3.39. The Morgan fingerprint density at radius 1 is 1.33 bits per heavy atom. The highest BCUT2D eigenvalue weighted by atomic mass is 15.3. The first-order valence-electron chi connectivity index (χ1n) is 7.25. The van der Waals surface area contributed by atoms with Crippen LogP contribution in [0.2, 0.25) is 0 Å². The van der Waals surface area contributed by atoms with Gasteiger partial charge in [0, 0.05) is 19.3 Å². The molecule has 0 radical (unpaired) electrons. The van der Waals surface area contributed by atoms with Gasteiger partial charge >= 0.3 is 0 Å². The Balaban J connectivity index is 1.93. The van der Waals surface area contributed by atoms with E-state index in [1.54, 1.807) is 0 Å². The Hall–Kier alpha value is -0.870. The first kappa shape index (κ1) is 12.2. The molecule has 3 rings (SSSR count). The highest BCUT2D eigenvalue weighted by Gasteiger charge is 2.39. The van der Waals surface area contributed by atoms with Crippen molar-refractivity contribution in [1.82, 2.24) is 14.7 Å². The van der Waals surface area contributed by atoms with E-state index in [0.717, 1.165) is 12.6 Å². The Morgan fingerprint density at radius 2 is 2.17 bits per heavy atom. The second-order valence-electron chi connectivity index (χ2n) is 5.79. The molecule has 2 atom stereocenters. The quantitative estimate of drug-likeness (QED) is 0.885. The summed E-state index contributed by atoms with van der Waals surface area (Å²) in [6.45, 7) is 2.02. The van der Waals surface area contributed by atoms with Crippen molar-refractivity contribution < 1.29 is 0 Å². The van der Waals surface area contributed by atoms with Crippen molar-refractivity contribution in [3.8, 4) is 0 Å². The van der Waals surface area contributed by atoms with Gasteiger partial charge in [0.1, 0.15) is 0 Å². The second kappa shape index (κ2) is 5.02. The van der Waals surface area contributed by atoms with Gasteiger partial charge in [-0.25, -0.2) is 0 Å². The average Bonchev–Trinajstić information content (AvgIpc) is 3.15. The number of nitrogens with two attached hydrogens (primary N) is 1. The maximum absolute atomic E-state index is 6.05. The van der Waals surface area contributed by atoms with Crippen LogP contribution in [0.25, 0.3) is 0 Å². The van der Waals surface area contributed by atoms with Crippen molar-refractivity contribution >= 4 is 0 Å². The van der Waals surface area contributed by atoms with Gasteiger partial charge in [-0.05, 0) is 50.8 Å². The molecular formula is C14H24N4. The lowest BCUT2D eigenvalue weighted by atomic mass is 9.92. The van der Waals surface area contributed by atoms with Crippen LogP contribution in [0.5, 0.6) is 0 Å². The Bertz CT molecular complexity index is 396. The normalized spacial score (nSPS) is 30.3. The van der Waals surface area contributed by atoms with E-state index in [-0.39, 0.29) is 0 Å². The van der Waals surface area contributed by atoms with Gasteiger partial charge in [-0.1, -0.05) is 6.42 Å². The third kappa shape index (κ3) is 2.19. The monoisotopic (exact) mass is 248 g/mol. The van der Waals surface area contributed by atoms with E-state index in [9.17, 15) is 0 Å². The molecule has 1 aliphatic heterocycles. The van der Waals surface area contributed by atoms with Crippen LogP contribution in [0.4, 0.5) is 0 Å². The van der Waals surface area contributed by atoms with Gasteiger partial charge in [-0.15, -0.1) is 0 Å². The summed E-state index contributed by atoms with van der Waals surface area (Å²) in [7, 11) is 2.05. The molecule has 0 bridgehead atoms. The van der Waals surface area contributed by atoms with E-state index >= 15 is 0 Å². The predicted molar refractivity (Wildman–Crippen MR) is 72.1 cm³/mol. The SMILES string of the molecule is Cn1nccc1C1C(CN)CCCCN1C1CC1. The van der Waals surface area contributed by atoms with Crippen molar-refractivity contribution in [2.75, 3.05) is 13.1 Å². The molecular weight excluding hydrogens is 224 g/mol. The van der Waals surface area contributed by atoms with Gasteiger partial charge < -0.3 is 5.73 Å². The minimum absolute atomic E-state index is 0.484. The maximum Gasteiger partial charge on any atom is 0.0560 e. The first-order valence-corrected chi connectivity index (χ1v) is 7.25. The number of aryl methyl sites for hydroxylation is 1. The van der Waals surface area contributed by atoms with Gasteiger partial charge in [0.05, 0.1) is 11.7 Å². The summed E-state index contributed by atoms with van der Waals surface area (Å²) in [5.74, 6) is 0.587. The van der Waals surface area contributed by atoms with E-state index in [4.69, 9.17) is 5.73 Å². The molecule has 4 nitrogen and oxygen atoms in total. The fourth-order valence-corrected chi connectivity index (χ4v) is 3.42. The Labute approximate surface area is 109 Å². The van der Waals surface area contributed by atoms with Crippen molar-refractivity contribution in [2.24, 2.45) is 18.7 Å². The first-order chi connectivity index (χ1) is 8.81. The summed E-state index contributed by atoms with van der Waals surface area (Å²) in [4.78, 5) is 2.71. The summed E-state index contributed by atoms with van der Waals surface area (Å²) < 4.78 is 2.04. The van der Waals surface area contributed by atoms with E-state index in [1.165, 1.54) is 44.3 Å². The standard InChI is InChI=1S/C14H24N4/c1-17-13(7-8-16-17)14-11(10-15)4-2-3-9-18(14)12-5-6-12/h7-8,11-12,14H,2-6,9-10,15H2,1H3. The molecule has 2 unspecified atom stereocenters. The third-order valence-electron chi connectivity index (χ3n) is 4.53. The van der Waals surface area contributed by atoms with E-state index < -0.39 is 0 Å². The van der Waals surface area contributed by atoms with Gasteiger partial charge in [0.25, 0.3) is 0 Å². The zero-order valence-corrected chi connectivity index (χ0v) is 11.3. The van der Waals surface area contributed by atoms with E-state index in [0.29, 0.717) is 12.0 Å². The van der Waals surface area contributed by atoms with E-state index in [1.807, 2.05) is 10.9 Å². The summed E-state index contributed by atoms with van der Waals surface area (Å²) in [6.07, 6.45) is 8.55. The summed E-state index contributed by atoms with van der Waals surface area (Å²) >= 11 is 0. The maximum atomic E-state index is 6.05. The summed E-state index contributed by atoms with van der Waals surface area (Å²) in [5.41, 5.74) is 7.39. The average molecular weight is 248 g/mol.